The Morgan fingerprint density at radius 2 is 2.08 bits per heavy atom. The maximum atomic E-state index is 12.6. The molecule has 136 valence electrons. The third-order valence-corrected chi connectivity index (χ3v) is 4.28. The molecular formula is C15H18BrN3O5S. The molecule has 0 atom stereocenters. The minimum absolute atomic E-state index is 0.0314. The number of amides is 1. The molecule has 1 amide bonds. The number of hydrogen-bond donors (Lipinski definition) is 1. The van der Waals surface area contributed by atoms with E-state index in [1.807, 2.05) is 19.1 Å². The summed E-state index contributed by atoms with van der Waals surface area (Å²) in [6.45, 7) is 1.69. The van der Waals surface area contributed by atoms with E-state index in [-0.39, 0.29) is 30.6 Å². The van der Waals surface area contributed by atoms with Crippen LogP contribution in [-0.4, -0.2) is 43.6 Å². The van der Waals surface area contributed by atoms with Crippen molar-refractivity contribution in [2.45, 2.75) is 6.92 Å². The maximum Gasteiger partial charge on any atom is 0.277 e. The van der Waals surface area contributed by atoms with Gasteiger partial charge in [0.1, 0.15) is 13.2 Å². The van der Waals surface area contributed by atoms with Gasteiger partial charge in [-0.2, -0.15) is 13.5 Å². The zero-order chi connectivity index (χ0) is 18.6. The van der Waals surface area contributed by atoms with Gasteiger partial charge < -0.3 is 10.1 Å². The number of ether oxygens (including phenoxy) is 1. The molecule has 1 N–H and O–H groups in total. The number of nitrogens with one attached hydrogen (secondary N) is 1. The number of aryl methyl sites for hydroxylation is 2. The minimum atomic E-state index is -3.53. The lowest BCUT2D eigenvalue weighted by atomic mass is 10.2. The van der Waals surface area contributed by atoms with Crippen LogP contribution in [0, 0.1) is 6.92 Å². The second kappa shape index (κ2) is 7.98. The smallest absolute Gasteiger partial charge is 0.277 e. The van der Waals surface area contributed by atoms with Crippen LogP contribution in [0.4, 0.5) is 5.69 Å². The van der Waals surface area contributed by atoms with Gasteiger partial charge in [-0.1, -0.05) is 15.9 Å². The molecule has 25 heavy (non-hydrogen) atoms. The van der Waals surface area contributed by atoms with E-state index in [0.29, 0.717) is 5.69 Å². The van der Waals surface area contributed by atoms with Crippen LogP contribution in [0.1, 0.15) is 16.1 Å². The zero-order valence-corrected chi connectivity index (χ0v) is 16.3. The number of hydrogen-bond acceptors (Lipinski definition) is 6. The quantitative estimate of drug-likeness (QED) is 0.532. The Morgan fingerprint density at radius 3 is 2.72 bits per heavy atom. The van der Waals surface area contributed by atoms with E-state index in [9.17, 15) is 13.2 Å². The molecule has 2 aromatic rings. The lowest BCUT2D eigenvalue weighted by Crippen LogP contribution is -2.19. The predicted octanol–water partition coefficient (Wildman–Crippen LogP) is 2.10. The Hall–Kier alpha value is -1.91. The first-order chi connectivity index (χ1) is 11.7. The third kappa shape index (κ3) is 5.55. The van der Waals surface area contributed by atoms with E-state index in [4.69, 9.17) is 4.74 Å². The number of halogens is 1. The number of carbonyl (C=O) groups excluding carboxylic acids is 1. The second-order valence-corrected chi connectivity index (χ2v) is 7.83. The van der Waals surface area contributed by atoms with Gasteiger partial charge in [0, 0.05) is 17.2 Å². The largest absolute Gasteiger partial charge is 0.487 e. The first-order valence-corrected chi connectivity index (χ1v) is 9.85. The molecule has 10 heteroatoms. The Labute approximate surface area is 154 Å². The van der Waals surface area contributed by atoms with E-state index >= 15 is 0 Å². The van der Waals surface area contributed by atoms with Gasteiger partial charge in [0.05, 0.1) is 12.5 Å². The van der Waals surface area contributed by atoms with Gasteiger partial charge in [-0.3, -0.25) is 13.7 Å². The highest BCUT2D eigenvalue weighted by Crippen LogP contribution is 2.23. The summed E-state index contributed by atoms with van der Waals surface area (Å²) in [6.07, 6.45) is 2.35. The molecule has 1 aromatic heterocycles. The van der Waals surface area contributed by atoms with Gasteiger partial charge in [0.25, 0.3) is 16.0 Å². The van der Waals surface area contributed by atoms with Crippen molar-refractivity contribution >= 4 is 37.6 Å². The fourth-order valence-electron chi connectivity index (χ4n) is 2.07. The van der Waals surface area contributed by atoms with E-state index in [2.05, 4.69) is 30.5 Å². The molecule has 0 unspecified atom stereocenters. The molecule has 0 aliphatic carbocycles. The van der Waals surface area contributed by atoms with Crippen LogP contribution >= 0.6 is 15.9 Å². The van der Waals surface area contributed by atoms with Crippen LogP contribution in [0.15, 0.2) is 28.9 Å². The van der Waals surface area contributed by atoms with Crippen molar-refractivity contribution in [1.29, 1.82) is 0 Å². The molecule has 0 radical (unpaired) electrons. The summed E-state index contributed by atoms with van der Waals surface area (Å²) >= 11 is 3.37. The number of rotatable bonds is 7. The first-order valence-electron chi connectivity index (χ1n) is 7.24. The molecule has 2 rings (SSSR count). The Morgan fingerprint density at radius 1 is 1.36 bits per heavy atom. The zero-order valence-electron chi connectivity index (χ0n) is 13.9. The van der Waals surface area contributed by atoms with Crippen molar-refractivity contribution in [3.05, 3.63) is 40.1 Å². The molecule has 8 nitrogen and oxygen atoms in total. The van der Waals surface area contributed by atoms with E-state index in [1.165, 1.54) is 10.9 Å². The van der Waals surface area contributed by atoms with Gasteiger partial charge in [-0.05, 0) is 30.7 Å². The summed E-state index contributed by atoms with van der Waals surface area (Å²) in [4.78, 5) is 12.6. The van der Waals surface area contributed by atoms with Gasteiger partial charge in [-0.15, -0.1) is 0 Å². The second-order valence-electron chi connectivity index (χ2n) is 5.27. The average molecular weight is 432 g/mol. The van der Waals surface area contributed by atoms with Crippen molar-refractivity contribution in [3.8, 4) is 5.75 Å². The fraction of sp³-hybridized carbons (Fsp3) is 0.333. The van der Waals surface area contributed by atoms with Crippen molar-refractivity contribution in [3.63, 3.8) is 0 Å². The number of nitrogens with zero attached hydrogens (tertiary/aromatic N) is 2. The monoisotopic (exact) mass is 431 g/mol. The SMILES string of the molecule is Cc1cc(Br)ccc1NC(=O)c1c(OCCOS(C)(=O)=O)cnn1C. The van der Waals surface area contributed by atoms with E-state index in [1.54, 1.807) is 13.1 Å². The summed E-state index contributed by atoms with van der Waals surface area (Å²) < 4.78 is 34.2. The van der Waals surface area contributed by atoms with Crippen LogP contribution in [0.3, 0.4) is 0 Å². The molecule has 1 aromatic carbocycles. The lowest BCUT2D eigenvalue weighted by Gasteiger charge is -2.11. The van der Waals surface area contributed by atoms with Crippen LogP contribution in [0.25, 0.3) is 0 Å². The highest BCUT2D eigenvalue weighted by Gasteiger charge is 2.19. The lowest BCUT2D eigenvalue weighted by molar-refractivity contribution is 0.101. The third-order valence-electron chi connectivity index (χ3n) is 3.20. The molecule has 0 fully saturated rings. The molecular weight excluding hydrogens is 414 g/mol. The van der Waals surface area contributed by atoms with Crippen LogP contribution in [0.5, 0.6) is 5.75 Å². The molecule has 0 saturated heterocycles. The molecule has 0 aliphatic rings. The molecule has 0 bridgehead atoms. The Bertz CT molecular complexity index is 879. The standard InChI is InChI=1S/C15H18BrN3O5S/c1-10-8-11(16)4-5-12(10)18-15(20)14-13(9-17-19(14)2)23-6-7-24-25(3,21)22/h4-5,8-9H,6-7H2,1-3H3,(H,18,20). The van der Waals surface area contributed by atoms with E-state index in [0.717, 1.165) is 16.3 Å². The van der Waals surface area contributed by atoms with Gasteiger partial charge in [0.15, 0.2) is 11.4 Å². The van der Waals surface area contributed by atoms with E-state index < -0.39 is 10.1 Å². The number of carbonyl (C=O) groups is 1. The molecule has 0 saturated carbocycles. The molecule has 1 heterocycles. The maximum absolute atomic E-state index is 12.6. The van der Waals surface area contributed by atoms with Crippen molar-refractivity contribution < 1.29 is 22.1 Å². The van der Waals surface area contributed by atoms with Gasteiger partial charge >= 0.3 is 0 Å². The average Bonchev–Trinajstić information content (AvgIpc) is 2.86. The van der Waals surface area contributed by atoms with Crippen molar-refractivity contribution in [2.24, 2.45) is 7.05 Å². The minimum Gasteiger partial charge on any atom is -0.487 e. The summed E-state index contributed by atoms with van der Waals surface area (Å²) in [5.41, 5.74) is 1.79. The number of benzene rings is 1. The molecule has 0 aliphatic heterocycles. The van der Waals surface area contributed by atoms with Gasteiger partial charge in [0.2, 0.25) is 0 Å². The summed E-state index contributed by atoms with van der Waals surface area (Å²) in [5.74, 6) is -0.142. The Kier molecular flexibility index (Phi) is 6.20. The highest BCUT2D eigenvalue weighted by atomic mass is 79.9. The number of aromatic nitrogens is 2. The van der Waals surface area contributed by atoms with Crippen LogP contribution in [0.2, 0.25) is 0 Å². The van der Waals surface area contributed by atoms with Gasteiger partial charge in [-0.25, -0.2) is 0 Å². The molecule has 0 spiro atoms. The number of anilines is 1. The topological polar surface area (TPSA) is 99.5 Å². The Balaban J connectivity index is 2.08. The highest BCUT2D eigenvalue weighted by molar-refractivity contribution is 9.10. The van der Waals surface area contributed by atoms with Crippen molar-refractivity contribution in [1.82, 2.24) is 9.78 Å². The van der Waals surface area contributed by atoms with Crippen LogP contribution < -0.4 is 10.1 Å². The normalized spacial score (nSPS) is 11.4. The van der Waals surface area contributed by atoms with Crippen LogP contribution in [-0.2, 0) is 21.3 Å². The summed E-state index contributed by atoms with van der Waals surface area (Å²) in [7, 11) is -1.92. The summed E-state index contributed by atoms with van der Waals surface area (Å²) in [5, 5.41) is 6.82. The summed E-state index contributed by atoms with van der Waals surface area (Å²) in [6, 6.07) is 5.50. The van der Waals surface area contributed by atoms with Crippen molar-refractivity contribution in [2.75, 3.05) is 24.8 Å². The fourth-order valence-corrected chi connectivity index (χ4v) is 2.91. The predicted molar refractivity (Wildman–Crippen MR) is 96.3 cm³/mol. The first kappa shape index (κ1) is 19.4.